The molecule has 0 rings (SSSR count). The number of carboxylic acid groups (broad SMARTS) is 1. The quantitative estimate of drug-likeness (QED) is 0.410. The molecular weight excluding hydrogens is 282 g/mol. The molecule has 22 heavy (non-hydrogen) atoms. The lowest BCUT2D eigenvalue weighted by Gasteiger charge is -2.34. The Hall–Kier alpha value is -0.940. The average molecular weight is 316 g/mol. The van der Waals surface area contributed by atoms with Crippen LogP contribution in [0.3, 0.4) is 0 Å². The number of unbranched alkanes of at least 4 members (excludes halogenated alkanes) is 6. The van der Waals surface area contributed by atoms with Crippen LogP contribution in [0.1, 0.15) is 66.1 Å². The summed E-state index contributed by atoms with van der Waals surface area (Å²) in [6, 6.07) is 0. The SMILES string of the molecule is [2H]CCCCCCCCCC(=O)C(O)(CC(=O)[O-])C[N+](C)(C)C. The number of nitrogens with zero attached hydrogens (tertiary/aromatic N) is 1. The summed E-state index contributed by atoms with van der Waals surface area (Å²) in [7, 11) is 5.43. The fourth-order valence-corrected chi connectivity index (χ4v) is 2.67. The van der Waals surface area contributed by atoms with E-state index < -0.39 is 23.8 Å². The molecule has 0 aromatic carbocycles. The van der Waals surface area contributed by atoms with Gasteiger partial charge >= 0.3 is 0 Å². The van der Waals surface area contributed by atoms with E-state index in [0.717, 1.165) is 38.5 Å². The number of aliphatic carboxylic acids is 1. The van der Waals surface area contributed by atoms with Gasteiger partial charge in [-0.2, -0.15) is 0 Å². The Morgan fingerprint density at radius 1 is 1.09 bits per heavy atom. The summed E-state index contributed by atoms with van der Waals surface area (Å²) >= 11 is 0. The molecule has 0 aliphatic rings. The Morgan fingerprint density at radius 3 is 2.14 bits per heavy atom. The zero-order chi connectivity index (χ0) is 17.9. The van der Waals surface area contributed by atoms with Crippen LogP contribution in [0.15, 0.2) is 0 Å². The molecule has 5 nitrogen and oxygen atoms in total. The summed E-state index contributed by atoms with van der Waals surface area (Å²) in [4.78, 5) is 23.1. The number of hydrogen-bond acceptors (Lipinski definition) is 4. The Kier molecular flexibility index (Phi) is 8.64. The van der Waals surface area contributed by atoms with E-state index in [0.29, 0.717) is 17.8 Å². The number of aliphatic hydroxyl groups is 1. The predicted molar refractivity (Wildman–Crippen MR) is 85.1 cm³/mol. The van der Waals surface area contributed by atoms with E-state index >= 15 is 0 Å². The highest BCUT2D eigenvalue weighted by molar-refractivity contribution is 5.90. The van der Waals surface area contributed by atoms with Gasteiger partial charge in [0, 0.05) is 20.2 Å². The minimum Gasteiger partial charge on any atom is -0.550 e. The number of hydrogen-bond donors (Lipinski definition) is 1. The Bertz CT molecular complexity index is 368. The van der Waals surface area contributed by atoms with Gasteiger partial charge in [0.1, 0.15) is 6.54 Å². The first kappa shape index (κ1) is 19.1. The highest BCUT2D eigenvalue weighted by Crippen LogP contribution is 2.19. The van der Waals surface area contributed by atoms with Gasteiger partial charge in [-0.15, -0.1) is 0 Å². The van der Waals surface area contributed by atoms with Crippen LogP contribution in [0.25, 0.3) is 0 Å². The van der Waals surface area contributed by atoms with Gasteiger partial charge < -0.3 is 19.5 Å². The van der Waals surface area contributed by atoms with Crippen molar-refractivity contribution in [2.75, 3.05) is 27.7 Å². The van der Waals surface area contributed by atoms with Crippen molar-refractivity contribution in [1.82, 2.24) is 0 Å². The fourth-order valence-electron chi connectivity index (χ4n) is 2.67. The number of ketones is 1. The van der Waals surface area contributed by atoms with Crippen LogP contribution in [0.4, 0.5) is 0 Å². The molecule has 0 radical (unpaired) electrons. The summed E-state index contributed by atoms with van der Waals surface area (Å²) in [6.45, 7) is 0.546. The molecule has 0 heterocycles. The number of carbonyl (C=O) groups excluding carboxylic acids is 2. The normalized spacial score (nSPS) is 15.2. The van der Waals surface area contributed by atoms with Crippen molar-refractivity contribution in [3.8, 4) is 0 Å². The molecule has 0 spiro atoms. The Morgan fingerprint density at radius 2 is 1.64 bits per heavy atom. The van der Waals surface area contributed by atoms with E-state index in [4.69, 9.17) is 1.37 Å². The summed E-state index contributed by atoms with van der Waals surface area (Å²) in [5.41, 5.74) is -1.84. The molecule has 1 unspecified atom stereocenters. The van der Waals surface area contributed by atoms with Crippen molar-refractivity contribution < 1.29 is 25.7 Å². The molecule has 0 amide bonds. The standard InChI is InChI=1S/C17H33NO4/c1-5-6-7-8-9-10-11-12-15(19)17(22,13-16(20)21)14-18(2,3)4/h22H,5-14H2,1-4H3/i1D. The Labute approximate surface area is 136 Å². The molecule has 0 saturated heterocycles. The van der Waals surface area contributed by atoms with E-state index in [9.17, 15) is 19.8 Å². The number of likely N-dealkylation sites (N-methyl/N-ethyl adjacent to an activating group) is 1. The number of rotatable bonds is 13. The molecular formula is C17H33NO4. The van der Waals surface area contributed by atoms with E-state index in [1.165, 1.54) is 0 Å². The molecule has 1 N–H and O–H groups in total. The first-order valence-corrected chi connectivity index (χ1v) is 8.16. The van der Waals surface area contributed by atoms with Gasteiger partial charge in [0.2, 0.25) is 0 Å². The number of carbonyl (C=O) groups is 2. The summed E-state index contributed by atoms with van der Waals surface area (Å²) < 4.78 is 7.37. The van der Waals surface area contributed by atoms with Crippen molar-refractivity contribution in [2.24, 2.45) is 0 Å². The van der Waals surface area contributed by atoms with Crippen molar-refractivity contribution >= 4 is 11.8 Å². The van der Waals surface area contributed by atoms with Gasteiger partial charge in [0.25, 0.3) is 0 Å². The van der Waals surface area contributed by atoms with Crippen LogP contribution in [0.5, 0.6) is 0 Å². The van der Waals surface area contributed by atoms with Crippen molar-refractivity contribution in [3.05, 3.63) is 0 Å². The lowest BCUT2D eigenvalue weighted by atomic mass is 9.89. The second kappa shape index (κ2) is 9.95. The number of Topliss-reactive ketones (excluding diaryl/α,β-unsaturated/α-hetero) is 1. The van der Waals surface area contributed by atoms with E-state index in [2.05, 4.69) is 0 Å². The molecule has 0 aromatic heterocycles. The second-order valence-electron chi connectivity index (χ2n) is 7.18. The largest absolute Gasteiger partial charge is 0.550 e. The highest BCUT2D eigenvalue weighted by Gasteiger charge is 2.40. The molecule has 0 fully saturated rings. The maximum atomic E-state index is 12.3. The van der Waals surface area contributed by atoms with Crippen molar-refractivity contribution in [3.63, 3.8) is 0 Å². The molecule has 1 atom stereocenters. The van der Waals surface area contributed by atoms with Gasteiger partial charge in [0.05, 0.1) is 21.1 Å². The van der Waals surface area contributed by atoms with Gasteiger partial charge in [-0.1, -0.05) is 45.4 Å². The van der Waals surface area contributed by atoms with E-state index in [1.54, 1.807) is 0 Å². The molecule has 5 heteroatoms. The predicted octanol–water partition coefficient (Wildman–Crippen LogP) is 1.27. The minimum atomic E-state index is -1.84. The third-order valence-electron chi connectivity index (χ3n) is 3.60. The van der Waals surface area contributed by atoms with E-state index in [1.807, 2.05) is 21.1 Å². The van der Waals surface area contributed by atoms with Crippen LogP contribution in [-0.2, 0) is 9.59 Å². The highest BCUT2D eigenvalue weighted by atomic mass is 16.4. The zero-order valence-corrected chi connectivity index (χ0v) is 14.4. The zero-order valence-electron chi connectivity index (χ0n) is 15.4. The monoisotopic (exact) mass is 316 g/mol. The van der Waals surface area contributed by atoms with Gasteiger partial charge in [0.15, 0.2) is 11.4 Å². The molecule has 0 saturated carbocycles. The lowest BCUT2D eigenvalue weighted by molar-refractivity contribution is -0.875. The molecule has 0 aromatic rings. The molecule has 0 aliphatic heterocycles. The third-order valence-corrected chi connectivity index (χ3v) is 3.60. The maximum absolute atomic E-state index is 12.3. The first-order valence-electron chi connectivity index (χ1n) is 8.87. The molecule has 0 aliphatic carbocycles. The Balaban J connectivity index is 4.22. The smallest absolute Gasteiger partial charge is 0.177 e. The average Bonchev–Trinajstić information content (AvgIpc) is 2.38. The molecule has 0 bridgehead atoms. The first-order chi connectivity index (χ1) is 10.6. The lowest BCUT2D eigenvalue weighted by Crippen LogP contribution is -2.56. The minimum absolute atomic E-state index is 0.0624. The summed E-state index contributed by atoms with van der Waals surface area (Å²) in [5.74, 6) is -1.80. The van der Waals surface area contributed by atoms with Gasteiger partial charge in [-0.25, -0.2) is 0 Å². The fraction of sp³-hybridized carbons (Fsp3) is 0.882. The topological polar surface area (TPSA) is 77.4 Å². The van der Waals surface area contributed by atoms with Crippen molar-refractivity contribution in [1.29, 1.82) is 0 Å². The summed E-state index contributed by atoms with van der Waals surface area (Å²) in [6.07, 6.45) is 6.39. The van der Waals surface area contributed by atoms with Crippen molar-refractivity contribution in [2.45, 2.75) is 70.3 Å². The molecule has 130 valence electrons. The van der Waals surface area contributed by atoms with Crippen LogP contribution >= 0.6 is 0 Å². The second-order valence-corrected chi connectivity index (χ2v) is 7.18. The van der Waals surface area contributed by atoms with Crippen LogP contribution in [-0.4, -0.2) is 54.6 Å². The van der Waals surface area contributed by atoms with Crippen LogP contribution in [0, 0.1) is 0 Å². The maximum Gasteiger partial charge on any atom is 0.177 e. The summed E-state index contributed by atoms with van der Waals surface area (Å²) in [5, 5.41) is 21.3. The third kappa shape index (κ3) is 9.90. The van der Waals surface area contributed by atoms with Crippen LogP contribution in [0.2, 0.25) is 0 Å². The van der Waals surface area contributed by atoms with E-state index in [-0.39, 0.29) is 13.0 Å². The number of quaternary nitrogens is 1. The van der Waals surface area contributed by atoms with Gasteiger partial charge in [-0.3, -0.25) is 4.79 Å². The number of carboxylic acids is 1. The van der Waals surface area contributed by atoms with Gasteiger partial charge in [-0.05, 0) is 6.42 Å². The van der Waals surface area contributed by atoms with Crippen LogP contribution < -0.4 is 5.11 Å².